The lowest BCUT2D eigenvalue weighted by molar-refractivity contribution is -0.0305. The summed E-state index contributed by atoms with van der Waals surface area (Å²) in [4.78, 5) is 0. The summed E-state index contributed by atoms with van der Waals surface area (Å²) in [5, 5.41) is 0. The molecule has 19 heavy (non-hydrogen) atoms. The van der Waals surface area contributed by atoms with Crippen molar-refractivity contribution in [1.82, 2.24) is 0 Å². The third-order valence-electron chi connectivity index (χ3n) is 4.05. The van der Waals surface area contributed by atoms with Crippen LogP contribution < -0.4 is 0 Å². The molecule has 0 saturated heterocycles. The average molecular weight is 376 g/mol. The summed E-state index contributed by atoms with van der Waals surface area (Å²) in [6.45, 7) is 2.27. The maximum atomic E-state index is 13.0. The maximum Gasteiger partial charge on any atom is 0.123 e. The molecule has 1 aromatic carbocycles. The van der Waals surface area contributed by atoms with Crippen LogP contribution in [0.2, 0.25) is 0 Å². The second-order valence-corrected chi connectivity index (χ2v) is 6.27. The van der Waals surface area contributed by atoms with Crippen LogP contribution in [0.1, 0.15) is 50.7 Å². The minimum absolute atomic E-state index is 0.0989. The highest BCUT2D eigenvalue weighted by Gasteiger charge is 2.24. The number of hydrogen-bond donors (Lipinski definition) is 0. The molecular formula is C16H22FIO. The Kier molecular flexibility index (Phi) is 6.07. The van der Waals surface area contributed by atoms with E-state index in [0.717, 1.165) is 15.9 Å². The van der Waals surface area contributed by atoms with E-state index in [1.807, 2.05) is 12.1 Å². The van der Waals surface area contributed by atoms with Gasteiger partial charge in [-0.3, -0.25) is 0 Å². The van der Waals surface area contributed by atoms with E-state index in [1.165, 1.54) is 44.2 Å². The topological polar surface area (TPSA) is 9.23 Å². The van der Waals surface area contributed by atoms with Crippen molar-refractivity contribution in [2.75, 3.05) is 4.43 Å². The Bertz CT molecular complexity index is 379. The number of alkyl halides is 1. The fourth-order valence-corrected chi connectivity index (χ4v) is 3.57. The third-order valence-corrected chi connectivity index (χ3v) is 4.85. The van der Waals surface area contributed by atoms with Crippen molar-refractivity contribution in [2.45, 2.75) is 51.2 Å². The van der Waals surface area contributed by atoms with Gasteiger partial charge in [0, 0.05) is 4.43 Å². The van der Waals surface area contributed by atoms with Crippen molar-refractivity contribution in [3.63, 3.8) is 0 Å². The Morgan fingerprint density at radius 1 is 1.32 bits per heavy atom. The van der Waals surface area contributed by atoms with Gasteiger partial charge in [-0.25, -0.2) is 4.39 Å². The molecule has 1 aromatic rings. The Morgan fingerprint density at radius 2 is 2.05 bits per heavy atom. The molecule has 1 fully saturated rings. The molecule has 0 aliphatic heterocycles. The quantitative estimate of drug-likeness (QED) is 0.501. The fourth-order valence-electron chi connectivity index (χ4n) is 2.85. The van der Waals surface area contributed by atoms with E-state index in [2.05, 4.69) is 29.5 Å². The zero-order valence-electron chi connectivity index (χ0n) is 11.4. The third kappa shape index (κ3) is 4.42. The van der Waals surface area contributed by atoms with Gasteiger partial charge in [-0.15, -0.1) is 0 Å². The van der Waals surface area contributed by atoms with Gasteiger partial charge in [0.05, 0.1) is 12.2 Å². The number of hydrogen-bond acceptors (Lipinski definition) is 1. The molecule has 1 aliphatic rings. The molecule has 0 N–H and O–H groups in total. The number of benzene rings is 1. The first-order chi connectivity index (χ1) is 9.22. The van der Waals surface area contributed by atoms with Crippen molar-refractivity contribution in [2.24, 2.45) is 5.92 Å². The van der Waals surface area contributed by atoms with E-state index in [0.29, 0.717) is 6.10 Å². The van der Waals surface area contributed by atoms with Gasteiger partial charge < -0.3 is 4.74 Å². The van der Waals surface area contributed by atoms with Crippen LogP contribution in [0.5, 0.6) is 0 Å². The number of ether oxygens (including phenoxy) is 1. The largest absolute Gasteiger partial charge is 0.369 e. The molecule has 3 atom stereocenters. The normalized spacial score (nSPS) is 25.2. The first kappa shape index (κ1) is 15.2. The van der Waals surface area contributed by atoms with E-state index >= 15 is 0 Å². The van der Waals surface area contributed by atoms with Gasteiger partial charge in [-0.1, -0.05) is 60.9 Å². The lowest BCUT2D eigenvalue weighted by atomic mass is 9.85. The van der Waals surface area contributed by atoms with E-state index in [1.54, 1.807) is 0 Å². The fraction of sp³-hybridized carbons (Fsp3) is 0.625. The summed E-state index contributed by atoms with van der Waals surface area (Å²) in [7, 11) is 0. The van der Waals surface area contributed by atoms with Crippen LogP contribution in [0.3, 0.4) is 0 Å². The van der Waals surface area contributed by atoms with E-state index in [9.17, 15) is 4.39 Å². The molecule has 0 aromatic heterocycles. The Hall–Kier alpha value is -0.160. The SMILES string of the molecule is CCC1CCCC(OC(CI)c2ccc(F)cc2)C1. The second-order valence-electron chi connectivity index (χ2n) is 5.39. The van der Waals surface area contributed by atoms with Crippen LogP contribution >= 0.6 is 22.6 Å². The van der Waals surface area contributed by atoms with Crippen LogP contribution in [0.15, 0.2) is 24.3 Å². The first-order valence-electron chi connectivity index (χ1n) is 7.19. The molecule has 2 rings (SSSR count). The molecule has 0 bridgehead atoms. The summed E-state index contributed by atoms with van der Waals surface area (Å²) < 4.78 is 20.1. The standard InChI is InChI=1S/C16H22FIO/c1-2-12-4-3-5-15(10-12)19-16(11-18)13-6-8-14(17)9-7-13/h6-9,12,15-16H,2-5,10-11H2,1H3. The number of rotatable bonds is 5. The minimum Gasteiger partial charge on any atom is -0.369 e. The molecule has 0 amide bonds. The van der Waals surface area contributed by atoms with Crippen molar-refractivity contribution in [3.8, 4) is 0 Å². The van der Waals surface area contributed by atoms with Gasteiger partial charge in [-0.05, 0) is 36.5 Å². The smallest absolute Gasteiger partial charge is 0.123 e. The molecular weight excluding hydrogens is 354 g/mol. The summed E-state index contributed by atoms with van der Waals surface area (Å²) >= 11 is 2.35. The van der Waals surface area contributed by atoms with E-state index in [4.69, 9.17) is 4.74 Å². The molecule has 1 saturated carbocycles. The number of halogens is 2. The molecule has 0 heterocycles. The molecule has 0 spiro atoms. The first-order valence-corrected chi connectivity index (χ1v) is 8.72. The van der Waals surface area contributed by atoms with E-state index in [-0.39, 0.29) is 11.9 Å². The summed E-state index contributed by atoms with van der Waals surface area (Å²) in [5.41, 5.74) is 1.09. The highest BCUT2D eigenvalue weighted by Crippen LogP contribution is 2.32. The second kappa shape index (κ2) is 7.58. The predicted octanol–water partition coefficient (Wildman–Crippen LogP) is 5.29. The Labute approximate surface area is 129 Å². The predicted molar refractivity (Wildman–Crippen MR) is 85.2 cm³/mol. The van der Waals surface area contributed by atoms with Crippen LogP contribution in [0.25, 0.3) is 0 Å². The van der Waals surface area contributed by atoms with Crippen LogP contribution in [0.4, 0.5) is 4.39 Å². The van der Waals surface area contributed by atoms with Crippen LogP contribution in [-0.2, 0) is 4.74 Å². The maximum absolute atomic E-state index is 13.0. The monoisotopic (exact) mass is 376 g/mol. The summed E-state index contributed by atoms with van der Waals surface area (Å²) in [6, 6.07) is 6.74. The molecule has 3 heteroatoms. The van der Waals surface area contributed by atoms with Gasteiger partial charge in [0.25, 0.3) is 0 Å². The summed E-state index contributed by atoms with van der Waals surface area (Å²) in [6.07, 6.45) is 6.72. The van der Waals surface area contributed by atoms with Gasteiger partial charge >= 0.3 is 0 Å². The lowest BCUT2D eigenvalue weighted by Gasteiger charge is -2.31. The van der Waals surface area contributed by atoms with Crippen molar-refractivity contribution >= 4 is 22.6 Å². The van der Waals surface area contributed by atoms with Gasteiger partial charge in [-0.2, -0.15) is 0 Å². The summed E-state index contributed by atoms with van der Waals surface area (Å²) in [5.74, 6) is 0.640. The Balaban J connectivity index is 1.96. The zero-order valence-corrected chi connectivity index (χ0v) is 13.6. The molecule has 3 unspecified atom stereocenters. The zero-order chi connectivity index (χ0) is 13.7. The average Bonchev–Trinajstić information content (AvgIpc) is 2.46. The molecule has 1 aliphatic carbocycles. The van der Waals surface area contributed by atoms with Crippen LogP contribution in [0, 0.1) is 11.7 Å². The molecule has 106 valence electrons. The van der Waals surface area contributed by atoms with Crippen molar-refractivity contribution in [3.05, 3.63) is 35.6 Å². The lowest BCUT2D eigenvalue weighted by Crippen LogP contribution is -2.25. The van der Waals surface area contributed by atoms with Gasteiger partial charge in [0.15, 0.2) is 0 Å². The van der Waals surface area contributed by atoms with Crippen molar-refractivity contribution in [1.29, 1.82) is 0 Å². The van der Waals surface area contributed by atoms with Gasteiger partial charge in [0.1, 0.15) is 5.82 Å². The Morgan fingerprint density at radius 3 is 2.68 bits per heavy atom. The van der Waals surface area contributed by atoms with Crippen molar-refractivity contribution < 1.29 is 9.13 Å². The van der Waals surface area contributed by atoms with Gasteiger partial charge in [0.2, 0.25) is 0 Å². The van der Waals surface area contributed by atoms with E-state index < -0.39 is 0 Å². The van der Waals surface area contributed by atoms with Crippen LogP contribution in [-0.4, -0.2) is 10.5 Å². The highest BCUT2D eigenvalue weighted by atomic mass is 127. The highest BCUT2D eigenvalue weighted by molar-refractivity contribution is 14.1. The molecule has 1 nitrogen and oxygen atoms in total. The minimum atomic E-state index is -0.181. The molecule has 0 radical (unpaired) electrons.